The van der Waals surface area contributed by atoms with E-state index in [0.29, 0.717) is 17.8 Å². The summed E-state index contributed by atoms with van der Waals surface area (Å²) in [7, 11) is 0. The first-order chi connectivity index (χ1) is 9.06. The van der Waals surface area contributed by atoms with Gasteiger partial charge in [-0.3, -0.25) is 9.59 Å². The zero-order valence-corrected chi connectivity index (χ0v) is 11.5. The molecule has 0 unspecified atom stereocenters. The molecule has 2 rings (SSSR count). The van der Waals surface area contributed by atoms with Crippen LogP contribution in [-0.2, 0) is 6.54 Å². The Morgan fingerprint density at radius 2 is 2.11 bits per heavy atom. The van der Waals surface area contributed by atoms with Crippen molar-refractivity contribution in [2.45, 2.75) is 6.54 Å². The Hall–Kier alpha value is -2.08. The molecule has 0 bridgehead atoms. The van der Waals surface area contributed by atoms with Crippen LogP contribution in [0, 0.1) is 0 Å². The van der Waals surface area contributed by atoms with E-state index in [2.05, 4.69) is 26.2 Å². The molecule has 5 nitrogen and oxygen atoms in total. The molecule has 0 spiro atoms. The Morgan fingerprint density at radius 3 is 2.74 bits per heavy atom. The maximum absolute atomic E-state index is 11.8. The SMILES string of the molecule is NC(=O)c1cccc(CNC(=O)c2cc(Br)c[nH]2)c1. The number of benzene rings is 1. The predicted octanol–water partition coefficient (Wildman–Crippen LogP) is 1.81. The monoisotopic (exact) mass is 321 g/mol. The van der Waals surface area contributed by atoms with E-state index < -0.39 is 5.91 Å². The van der Waals surface area contributed by atoms with Gasteiger partial charge in [-0.1, -0.05) is 12.1 Å². The van der Waals surface area contributed by atoms with E-state index in [1.807, 2.05) is 6.07 Å². The van der Waals surface area contributed by atoms with E-state index in [0.717, 1.165) is 10.0 Å². The minimum Gasteiger partial charge on any atom is -0.366 e. The second-order valence-electron chi connectivity index (χ2n) is 3.98. The van der Waals surface area contributed by atoms with Crippen molar-refractivity contribution in [2.24, 2.45) is 5.73 Å². The normalized spacial score (nSPS) is 10.2. The summed E-state index contributed by atoms with van der Waals surface area (Å²) in [6.45, 7) is 0.330. The summed E-state index contributed by atoms with van der Waals surface area (Å²) >= 11 is 3.26. The van der Waals surface area contributed by atoms with E-state index in [9.17, 15) is 9.59 Å². The first kappa shape index (κ1) is 13.4. The highest BCUT2D eigenvalue weighted by Crippen LogP contribution is 2.10. The Bertz CT molecular complexity index is 622. The molecule has 2 amide bonds. The number of rotatable bonds is 4. The number of primary amides is 1. The molecule has 0 atom stereocenters. The Kier molecular flexibility index (Phi) is 4.01. The van der Waals surface area contributed by atoms with Gasteiger partial charge in [-0.2, -0.15) is 0 Å². The lowest BCUT2D eigenvalue weighted by Gasteiger charge is -2.05. The molecule has 98 valence electrons. The van der Waals surface area contributed by atoms with E-state index in [1.54, 1.807) is 30.5 Å². The van der Waals surface area contributed by atoms with E-state index >= 15 is 0 Å². The number of H-pyrrole nitrogens is 1. The second-order valence-corrected chi connectivity index (χ2v) is 4.89. The summed E-state index contributed by atoms with van der Waals surface area (Å²) in [5.74, 6) is -0.698. The van der Waals surface area contributed by atoms with E-state index in [-0.39, 0.29) is 5.91 Å². The number of amides is 2. The van der Waals surface area contributed by atoms with Gasteiger partial charge < -0.3 is 16.0 Å². The van der Waals surface area contributed by atoms with Crippen LogP contribution in [-0.4, -0.2) is 16.8 Å². The number of carbonyl (C=O) groups excluding carboxylic acids is 2. The zero-order chi connectivity index (χ0) is 13.8. The Morgan fingerprint density at radius 1 is 1.32 bits per heavy atom. The Balaban J connectivity index is 2.01. The molecular weight excluding hydrogens is 310 g/mol. The molecule has 1 aromatic carbocycles. The third-order valence-electron chi connectivity index (χ3n) is 2.56. The van der Waals surface area contributed by atoms with Gasteiger partial charge in [0.05, 0.1) is 0 Å². The molecular formula is C13H12BrN3O2. The van der Waals surface area contributed by atoms with Gasteiger partial charge in [0.25, 0.3) is 5.91 Å². The molecule has 0 fully saturated rings. The predicted molar refractivity (Wildman–Crippen MR) is 74.6 cm³/mol. The van der Waals surface area contributed by atoms with Crippen LogP contribution < -0.4 is 11.1 Å². The highest BCUT2D eigenvalue weighted by atomic mass is 79.9. The molecule has 19 heavy (non-hydrogen) atoms. The number of aromatic amines is 1. The third-order valence-corrected chi connectivity index (χ3v) is 3.01. The highest BCUT2D eigenvalue weighted by molar-refractivity contribution is 9.10. The molecule has 6 heteroatoms. The van der Waals surface area contributed by atoms with Gasteiger partial charge in [0, 0.05) is 22.8 Å². The zero-order valence-electron chi connectivity index (χ0n) is 9.94. The molecule has 0 radical (unpaired) electrons. The van der Waals surface area contributed by atoms with Crippen LogP contribution in [0.3, 0.4) is 0 Å². The number of hydrogen-bond donors (Lipinski definition) is 3. The summed E-state index contributed by atoms with van der Waals surface area (Å²) < 4.78 is 0.813. The summed E-state index contributed by atoms with van der Waals surface area (Å²) in [5, 5.41) is 2.75. The number of nitrogens with one attached hydrogen (secondary N) is 2. The van der Waals surface area contributed by atoms with Gasteiger partial charge in [-0.05, 0) is 39.7 Å². The number of carbonyl (C=O) groups is 2. The maximum Gasteiger partial charge on any atom is 0.267 e. The van der Waals surface area contributed by atoms with Crippen LogP contribution in [0.15, 0.2) is 41.0 Å². The largest absolute Gasteiger partial charge is 0.366 e. The van der Waals surface area contributed by atoms with Crippen LogP contribution in [0.1, 0.15) is 26.4 Å². The van der Waals surface area contributed by atoms with Crippen molar-refractivity contribution < 1.29 is 9.59 Å². The van der Waals surface area contributed by atoms with Crippen molar-refractivity contribution in [1.82, 2.24) is 10.3 Å². The second kappa shape index (κ2) is 5.71. The van der Waals surface area contributed by atoms with Crippen LogP contribution >= 0.6 is 15.9 Å². The topological polar surface area (TPSA) is 88.0 Å². The average molecular weight is 322 g/mol. The number of hydrogen-bond acceptors (Lipinski definition) is 2. The van der Waals surface area contributed by atoms with Gasteiger partial charge in [0.1, 0.15) is 5.69 Å². The lowest BCUT2D eigenvalue weighted by atomic mass is 10.1. The molecule has 4 N–H and O–H groups in total. The third kappa shape index (κ3) is 3.45. The van der Waals surface area contributed by atoms with E-state index in [1.165, 1.54) is 0 Å². The molecule has 1 heterocycles. The van der Waals surface area contributed by atoms with Gasteiger partial charge in [-0.25, -0.2) is 0 Å². The standard InChI is InChI=1S/C13H12BrN3O2/c14-10-5-11(16-7-10)13(19)17-6-8-2-1-3-9(4-8)12(15)18/h1-5,7,16H,6H2,(H2,15,18)(H,17,19). The molecule has 1 aromatic heterocycles. The minimum atomic E-state index is -0.485. The summed E-state index contributed by atoms with van der Waals surface area (Å²) in [5.41, 5.74) is 6.91. The number of nitrogens with two attached hydrogens (primary N) is 1. The highest BCUT2D eigenvalue weighted by Gasteiger charge is 2.08. The molecule has 2 aromatic rings. The van der Waals surface area contributed by atoms with E-state index in [4.69, 9.17) is 5.73 Å². The summed E-state index contributed by atoms with van der Waals surface area (Å²) in [4.78, 5) is 25.7. The van der Waals surface area contributed by atoms with Crippen LogP contribution in [0.5, 0.6) is 0 Å². The van der Waals surface area contributed by atoms with Crippen molar-refractivity contribution in [3.8, 4) is 0 Å². The van der Waals surface area contributed by atoms with Crippen LogP contribution in [0.4, 0.5) is 0 Å². The quantitative estimate of drug-likeness (QED) is 0.801. The van der Waals surface area contributed by atoms with Crippen LogP contribution in [0.2, 0.25) is 0 Å². The molecule has 0 aliphatic carbocycles. The number of aromatic nitrogens is 1. The van der Waals surface area contributed by atoms with Crippen molar-refractivity contribution in [3.63, 3.8) is 0 Å². The van der Waals surface area contributed by atoms with Gasteiger partial charge in [0.2, 0.25) is 5.91 Å². The van der Waals surface area contributed by atoms with Gasteiger partial charge >= 0.3 is 0 Å². The fraction of sp³-hybridized carbons (Fsp3) is 0.0769. The summed E-state index contributed by atoms with van der Waals surface area (Å²) in [6.07, 6.45) is 1.68. The molecule has 0 saturated carbocycles. The molecule has 0 saturated heterocycles. The fourth-order valence-electron chi connectivity index (χ4n) is 1.61. The van der Waals surface area contributed by atoms with Crippen molar-refractivity contribution in [2.75, 3.05) is 0 Å². The average Bonchev–Trinajstić information content (AvgIpc) is 2.83. The maximum atomic E-state index is 11.8. The molecule has 0 aliphatic heterocycles. The lowest BCUT2D eigenvalue weighted by Crippen LogP contribution is -2.23. The summed E-state index contributed by atoms with van der Waals surface area (Å²) in [6, 6.07) is 8.53. The van der Waals surface area contributed by atoms with Crippen LogP contribution in [0.25, 0.3) is 0 Å². The van der Waals surface area contributed by atoms with Gasteiger partial charge in [-0.15, -0.1) is 0 Å². The first-order valence-corrected chi connectivity index (χ1v) is 6.36. The van der Waals surface area contributed by atoms with Gasteiger partial charge in [0.15, 0.2) is 0 Å². The smallest absolute Gasteiger partial charge is 0.267 e. The van der Waals surface area contributed by atoms with Crippen molar-refractivity contribution in [1.29, 1.82) is 0 Å². The fourth-order valence-corrected chi connectivity index (χ4v) is 1.95. The first-order valence-electron chi connectivity index (χ1n) is 5.57. The van der Waals surface area contributed by atoms with Crippen molar-refractivity contribution >= 4 is 27.7 Å². The van der Waals surface area contributed by atoms with Crippen molar-refractivity contribution in [3.05, 3.63) is 57.8 Å². The molecule has 0 aliphatic rings. The minimum absolute atomic E-state index is 0.213. The number of halogens is 1. The lowest BCUT2D eigenvalue weighted by molar-refractivity contribution is 0.0946. The Labute approximate surface area is 118 Å².